The van der Waals surface area contributed by atoms with Crippen LogP contribution in [0.3, 0.4) is 0 Å². The van der Waals surface area contributed by atoms with Crippen LogP contribution in [-0.4, -0.2) is 24.9 Å². The summed E-state index contributed by atoms with van der Waals surface area (Å²) in [5.41, 5.74) is 0. The van der Waals surface area contributed by atoms with Gasteiger partial charge in [-0.05, 0) is 12.8 Å². The molecule has 1 fully saturated rings. The number of hydrogen-bond donors (Lipinski definition) is 0. The largest absolute Gasteiger partial charge is 0.350 e. The van der Waals surface area contributed by atoms with Crippen LogP contribution in [0.1, 0.15) is 39.0 Å². The van der Waals surface area contributed by atoms with Crippen LogP contribution in [0.4, 0.5) is 0 Å². The highest BCUT2D eigenvalue weighted by Crippen LogP contribution is 2.18. The predicted molar refractivity (Wildman–Crippen MR) is 54.1 cm³/mol. The van der Waals surface area contributed by atoms with E-state index in [0.29, 0.717) is 12.5 Å². The van der Waals surface area contributed by atoms with Crippen LogP contribution >= 0.6 is 11.6 Å². The van der Waals surface area contributed by atoms with Crippen LogP contribution < -0.4 is 0 Å². The van der Waals surface area contributed by atoms with Crippen molar-refractivity contribution in [3.8, 4) is 0 Å². The smallest absolute Gasteiger partial charge is 0.158 e. The molecule has 78 valence electrons. The van der Waals surface area contributed by atoms with Gasteiger partial charge in [0.2, 0.25) is 0 Å². The molecule has 0 aromatic heterocycles. The quantitative estimate of drug-likeness (QED) is 0.492. The monoisotopic (exact) mass is 206 g/mol. The zero-order valence-corrected chi connectivity index (χ0v) is 9.05. The molecule has 0 spiro atoms. The van der Waals surface area contributed by atoms with Gasteiger partial charge >= 0.3 is 0 Å². The molecule has 1 rings (SSSR count). The first-order valence-electron chi connectivity index (χ1n) is 5.19. The van der Waals surface area contributed by atoms with Crippen LogP contribution in [-0.2, 0) is 9.47 Å². The lowest BCUT2D eigenvalue weighted by Crippen LogP contribution is -2.13. The van der Waals surface area contributed by atoms with Crippen LogP contribution in [0, 0.1) is 0 Å². The van der Waals surface area contributed by atoms with Gasteiger partial charge in [0.05, 0.1) is 18.6 Å². The van der Waals surface area contributed by atoms with Crippen molar-refractivity contribution in [2.75, 3.05) is 12.5 Å². The Morgan fingerprint density at radius 1 is 1.31 bits per heavy atom. The van der Waals surface area contributed by atoms with Crippen LogP contribution in [0.25, 0.3) is 0 Å². The van der Waals surface area contributed by atoms with E-state index in [-0.39, 0.29) is 12.4 Å². The lowest BCUT2D eigenvalue weighted by atomic mass is 10.1. The Morgan fingerprint density at radius 3 is 2.77 bits per heavy atom. The van der Waals surface area contributed by atoms with E-state index >= 15 is 0 Å². The Hall–Kier alpha value is 0.210. The summed E-state index contributed by atoms with van der Waals surface area (Å²) in [4.78, 5) is 0. The maximum atomic E-state index is 5.65. The highest BCUT2D eigenvalue weighted by atomic mass is 35.5. The van der Waals surface area contributed by atoms with Gasteiger partial charge in [-0.2, -0.15) is 0 Å². The van der Waals surface area contributed by atoms with Gasteiger partial charge in [0.15, 0.2) is 6.29 Å². The molecule has 1 heterocycles. The lowest BCUT2D eigenvalue weighted by molar-refractivity contribution is -0.0599. The van der Waals surface area contributed by atoms with Gasteiger partial charge in [-0.15, -0.1) is 11.6 Å². The maximum Gasteiger partial charge on any atom is 0.158 e. The van der Waals surface area contributed by atoms with E-state index in [9.17, 15) is 0 Å². The fourth-order valence-electron chi connectivity index (χ4n) is 1.48. The van der Waals surface area contributed by atoms with E-state index in [0.717, 1.165) is 6.42 Å². The Balaban J connectivity index is 1.97. The molecule has 2 atom stereocenters. The Kier molecular flexibility index (Phi) is 5.76. The van der Waals surface area contributed by atoms with Crippen LogP contribution in [0.2, 0.25) is 0 Å². The van der Waals surface area contributed by atoms with Crippen molar-refractivity contribution in [2.45, 2.75) is 51.4 Å². The van der Waals surface area contributed by atoms with Gasteiger partial charge in [0.1, 0.15) is 0 Å². The van der Waals surface area contributed by atoms with E-state index in [1.54, 1.807) is 0 Å². The lowest BCUT2D eigenvalue weighted by Gasteiger charge is -2.09. The van der Waals surface area contributed by atoms with Gasteiger partial charge in [-0.25, -0.2) is 0 Å². The second-order valence-corrected chi connectivity index (χ2v) is 3.83. The molecule has 13 heavy (non-hydrogen) atoms. The molecular weight excluding hydrogens is 188 g/mol. The van der Waals surface area contributed by atoms with Crippen molar-refractivity contribution in [3.63, 3.8) is 0 Å². The Labute approximate surface area is 85.5 Å². The predicted octanol–water partition coefficient (Wildman–Crippen LogP) is 2.94. The first kappa shape index (κ1) is 11.3. The minimum atomic E-state index is 0.0145. The van der Waals surface area contributed by atoms with Crippen LogP contribution in [0.5, 0.6) is 0 Å². The van der Waals surface area contributed by atoms with E-state index < -0.39 is 0 Å². The van der Waals surface area contributed by atoms with Crippen molar-refractivity contribution < 1.29 is 9.47 Å². The van der Waals surface area contributed by atoms with E-state index in [1.165, 1.54) is 25.7 Å². The summed E-state index contributed by atoms with van der Waals surface area (Å²) >= 11 is 5.65. The number of unbranched alkanes of at least 4 members (excludes halogenated alkanes) is 3. The van der Waals surface area contributed by atoms with Crippen molar-refractivity contribution >= 4 is 11.6 Å². The summed E-state index contributed by atoms with van der Waals surface area (Å²) < 4.78 is 11.0. The number of rotatable bonds is 6. The third-order valence-electron chi connectivity index (χ3n) is 2.28. The van der Waals surface area contributed by atoms with Gasteiger partial charge < -0.3 is 9.47 Å². The van der Waals surface area contributed by atoms with Crippen LogP contribution in [0.15, 0.2) is 0 Å². The molecule has 0 aromatic rings. The Morgan fingerprint density at radius 2 is 2.15 bits per heavy atom. The van der Waals surface area contributed by atoms with Crippen molar-refractivity contribution in [3.05, 3.63) is 0 Å². The molecule has 3 heteroatoms. The maximum absolute atomic E-state index is 5.65. The third-order valence-corrected chi connectivity index (χ3v) is 2.62. The summed E-state index contributed by atoms with van der Waals surface area (Å²) in [6.45, 7) is 2.88. The fraction of sp³-hybridized carbons (Fsp3) is 1.00. The third kappa shape index (κ3) is 4.30. The number of hydrogen-bond acceptors (Lipinski definition) is 2. The minimum Gasteiger partial charge on any atom is -0.350 e. The number of alkyl halides is 1. The SMILES string of the molecule is CCCCCC[C@H]1OC[C@@H](CCl)O1. The first-order valence-corrected chi connectivity index (χ1v) is 5.73. The fourth-order valence-corrected chi connectivity index (χ4v) is 1.64. The zero-order valence-electron chi connectivity index (χ0n) is 8.30. The molecule has 0 unspecified atom stereocenters. The molecule has 0 N–H and O–H groups in total. The molecule has 0 amide bonds. The van der Waals surface area contributed by atoms with E-state index in [4.69, 9.17) is 21.1 Å². The molecule has 0 aromatic carbocycles. The van der Waals surface area contributed by atoms with Gasteiger partial charge in [0.25, 0.3) is 0 Å². The van der Waals surface area contributed by atoms with Crippen molar-refractivity contribution in [2.24, 2.45) is 0 Å². The zero-order chi connectivity index (χ0) is 9.52. The molecule has 0 saturated carbocycles. The molecule has 1 aliphatic heterocycles. The minimum absolute atomic E-state index is 0.0145. The van der Waals surface area contributed by atoms with Crippen molar-refractivity contribution in [1.29, 1.82) is 0 Å². The molecule has 0 aliphatic carbocycles. The molecule has 2 nitrogen and oxygen atoms in total. The number of halogens is 1. The summed E-state index contributed by atoms with van der Waals surface area (Å²) in [7, 11) is 0. The summed E-state index contributed by atoms with van der Waals surface area (Å²) in [5, 5.41) is 0. The molecule has 0 bridgehead atoms. The normalized spacial score (nSPS) is 28.2. The highest BCUT2D eigenvalue weighted by molar-refractivity contribution is 6.18. The highest BCUT2D eigenvalue weighted by Gasteiger charge is 2.24. The summed E-state index contributed by atoms with van der Waals surface area (Å²) in [6, 6.07) is 0. The number of ether oxygens (including phenoxy) is 2. The van der Waals surface area contributed by atoms with Gasteiger partial charge in [0, 0.05) is 0 Å². The average molecular weight is 207 g/mol. The second-order valence-electron chi connectivity index (χ2n) is 3.52. The van der Waals surface area contributed by atoms with Gasteiger partial charge in [-0.1, -0.05) is 26.2 Å². The molecule has 1 saturated heterocycles. The standard InChI is InChI=1S/C10H19ClO2/c1-2-3-4-5-6-10-12-8-9(7-11)13-10/h9-10H,2-8H2,1H3/t9-,10+/m1/s1. The molecule has 1 aliphatic rings. The topological polar surface area (TPSA) is 18.5 Å². The Bertz CT molecular complexity index is 130. The first-order chi connectivity index (χ1) is 6.36. The van der Waals surface area contributed by atoms with E-state index in [2.05, 4.69) is 6.92 Å². The van der Waals surface area contributed by atoms with Gasteiger partial charge in [-0.3, -0.25) is 0 Å². The second kappa shape index (κ2) is 6.63. The average Bonchev–Trinajstić information content (AvgIpc) is 2.60. The molecule has 0 radical (unpaired) electrons. The summed E-state index contributed by atoms with van der Waals surface area (Å²) in [6.07, 6.45) is 6.23. The van der Waals surface area contributed by atoms with E-state index in [1.807, 2.05) is 0 Å². The molecular formula is C10H19ClO2. The summed E-state index contributed by atoms with van der Waals surface area (Å²) in [5.74, 6) is 0.547. The van der Waals surface area contributed by atoms with Crippen molar-refractivity contribution in [1.82, 2.24) is 0 Å².